The highest BCUT2D eigenvalue weighted by atomic mass is 35.5. The van der Waals surface area contributed by atoms with Gasteiger partial charge >= 0.3 is 0 Å². The summed E-state index contributed by atoms with van der Waals surface area (Å²) < 4.78 is 13.4. The van der Waals surface area contributed by atoms with Gasteiger partial charge in [-0.25, -0.2) is 4.39 Å². The van der Waals surface area contributed by atoms with Crippen molar-refractivity contribution in [3.63, 3.8) is 0 Å². The van der Waals surface area contributed by atoms with Gasteiger partial charge in [0, 0.05) is 23.8 Å². The normalized spacial score (nSPS) is 10.4. The SMILES string of the molecule is Cc1ccc(-c2cncc(CCl)c2)cc1F. The van der Waals surface area contributed by atoms with Crippen LogP contribution in [0.15, 0.2) is 36.7 Å². The molecule has 1 nitrogen and oxygen atoms in total. The number of halogens is 2. The smallest absolute Gasteiger partial charge is 0.126 e. The second-order valence-corrected chi connectivity index (χ2v) is 3.95. The number of nitrogens with zero attached hydrogens (tertiary/aromatic N) is 1. The molecule has 2 rings (SSSR count). The molecule has 0 bridgehead atoms. The van der Waals surface area contributed by atoms with E-state index in [9.17, 15) is 4.39 Å². The third-order valence-corrected chi connectivity index (χ3v) is 2.76. The molecular weight excluding hydrogens is 225 g/mol. The van der Waals surface area contributed by atoms with E-state index in [1.54, 1.807) is 25.4 Å². The van der Waals surface area contributed by atoms with E-state index >= 15 is 0 Å². The van der Waals surface area contributed by atoms with Gasteiger partial charge in [0.1, 0.15) is 5.82 Å². The van der Waals surface area contributed by atoms with Crippen LogP contribution in [0, 0.1) is 12.7 Å². The number of alkyl halides is 1. The lowest BCUT2D eigenvalue weighted by atomic mass is 10.0. The molecule has 0 radical (unpaired) electrons. The molecule has 0 amide bonds. The Hall–Kier alpha value is -1.41. The van der Waals surface area contributed by atoms with Crippen molar-refractivity contribution < 1.29 is 4.39 Å². The maximum Gasteiger partial charge on any atom is 0.126 e. The van der Waals surface area contributed by atoms with Crippen LogP contribution in [0.4, 0.5) is 4.39 Å². The number of aromatic nitrogens is 1. The molecule has 82 valence electrons. The van der Waals surface area contributed by atoms with Crippen LogP contribution in [0.2, 0.25) is 0 Å². The summed E-state index contributed by atoms with van der Waals surface area (Å²) in [7, 11) is 0. The molecule has 0 spiro atoms. The summed E-state index contributed by atoms with van der Waals surface area (Å²) in [5, 5.41) is 0. The predicted molar refractivity (Wildman–Crippen MR) is 63.9 cm³/mol. The number of aryl methyl sites for hydroxylation is 1. The van der Waals surface area contributed by atoms with E-state index in [1.165, 1.54) is 6.07 Å². The van der Waals surface area contributed by atoms with E-state index < -0.39 is 0 Å². The van der Waals surface area contributed by atoms with Gasteiger partial charge in [-0.15, -0.1) is 11.6 Å². The number of hydrogen-bond acceptors (Lipinski definition) is 1. The monoisotopic (exact) mass is 235 g/mol. The highest BCUT2D eigenvalue weighted by Gasteiger charge is 2.03. The molecule has 1 aromatic carbocycles. The van der Waals surface area contributed by atoms with Crippen LogP contribution < -0.4 is 0 Å². The van der Waals surface area contributed by atoms with Crippen molar-refractivity contribution in [3.05, 3.63) is 53.6 Å². The molecule has 1 aromatic heterocycles. The summed E-state index contributed by atoms with van der Waals surface area (Å²) in [5.74, 6) is 0.212. The molecule has 0 N–H and O–H groups in total. The van der Waals surface area contributed by atoms with Gasteiger partial charge in [0.2, 0.25) is 0 Å². The van der Waals surface area contributed by atoms with E-state index in [-0.39, 0.29) is 5.82 Å². The Bertz CT molecular complexity index is 511. The first kappa shape index (κ1) is 11.1. The van der Waals surface area contributed by atoms with Gasteiger partial charge in [0.25, 0.3) is 0 Å². The maximum atomic E-state index is 13.4. The fraction of sp³-hybridized carbons (Fsp3) is 0.154. The highest BCUT2D eigenvalue weighted by Crippen LogP contribution is 2.22. The molecular formula is C13H11ClFN. The van der Waals surface area contributed by atoms with Crippen LogP contribution in [0.1, 0.15) is 11.1 Å². The van der Waals surface area contributed by atoms with Crippen molar-refractivity contribution in [1.82, 2.24) is 4.98 Å². The van der Waals surface area contributed by atoms with E-state index in [4.69, 9.17) is 11.6 Å². The zero-order valence-electron chi connectivity index (χ0n) is 8.87. The summed E-state index contributed by atoms with van der Waals surface area (Å²) in [6.07, 6.45) is 3.42. The van der Waals surface area contributed by atoms with Crippen molar-refractivity contribution in [3.8, 4) is 11.1 Å². The zero-order chi connectivity index (χ0) is 11.5. The summed E-state index contributed by atoms with van der Waals surface area (Å²) in [6.45, 7) is 1.74. The predicted octanol–water partition coefficient (Wildman–Crippen LogP) is 3.93. The second kappa shape index (κ2) is 4.62. The van der Waals surface area contributed by atoms with Gasteiger partial charge in [0.05, 0.1) is 0 Å². The summed E-state index contributed by atoms with van der Waals surface area (Å²) in [6, 6.07) is 7.08. The lowest BCUT2D eigenvalue weighted by molar-refractivity contribution is 0.619. The Labute approximate surface area is 98.9 Å². The van der Waals surface area contributed by atoms with Gasteiger partial charge in [-0.2, -0.15) is 0 Å². The molecule has 0 saturated carbocycles. The quantitative estimate of drug-likeness (QED) is 0.719. The molecule has 16 heavy (non-hydrogen) atoms. The minimum Gasteiger partial charge on any atom is -0.264 e. The molecule has 0 aliphatic rings. The van der Waals surface area contributed by atoms with E-state index in [2.05, 4.69) is 4.98 Å². The lowest BCUT2D eigenvalue weighted by Gasteiger charge is -2.04. The fourth-order valence-electron chi connectivity index (χ4n) is 1.49. The molecule has 1 heterocycles. The molecule has 0 aliphatic heterocycles. The number of benzene rings is 1. The van der Waals surface area contributed by atoms with Gasteiger partial charge in [-0.1, -0.05) is 12.1 Å². The minimum absolute atomic E-state index is 0.200. The third-order valence-electron chi connectivity index (χ3n) is 2.45. The van der Waals surface area contributed by atoms with Crippen molar-refractivity contribution in [2.75, 3.05) is 0 Å². The topological polar surface area (TPSA) is 12.9 Å². The zero-order valence-corrected chi connectivity index (χ0v) is 9.63. The van der Waals surface area contributed by atoms with Gasteiger partial charge in [0.15, 0.2) is 0 Å². The Morgan fingerprint density at radius 2 is 2.00 bits per heavy atom. The molecule has 0 aliphatic carbocycles. The largest absolute Gasteiger partial charge is 0.264 e. The maximum absolute atomic E-state index is 13.4. The van der Waals surface area contributed by atoms with Crippen LogP contribution in [0.25, 0.3) is 11.1 Å². The van der Waals surface area contributed by atoms with E-state index in [0.29, 0.717) is 11.4 Å². The first-order valence-corrected chi connectivity index (χ1v) is 5.50. The standard InChI is InChI=1S/C13H11ClFN/c1-9-2-3-11(5-13(9)15)12-4-10(6-14)7-16-8-12/h2-5,7-8H,6H2,1H3. The van der Waals surface area contributed by atoms with E-state index in [1.807, 2.05) is 12.1 Å². The highest BCUT2D eigenvalue weighted by molar-refractivity contribution is 6.17. The van der Waals surface area contributed by atoms with E-state index in [0.717, 1.165) is 16.7 Å². The number of hydrogen-bond donors (Lipinski definition) is 0. The Balaban J connectivity index is 2.46. The van der Waals surface area contributed by atoms with Crippen LogP contribution >= 0.6 is 11.6 Å². The number of pyridine rings is 1. The van der Waals surface area contributed by atoms with Crippen molar-refractivity contribution >= 4 is 11.6 Å². The Morgan fingerprint density at radius 1 is 1.19 bits per heavy atom. The van der Waals surface area contributed by atoms with Crippen molar-refractivity contribution in [1.29, 1.82) is 0 Å². The van der Waals surface area contributed by atoms with Gasteiger partial charge in [-0.3, -0.25) is 4.98 Å². The fourth-order valence-corrected chi connectivity index (χ4v) is 1.64. The number of rotatable bonds is 2. The van der Waals surface area contributed by atoms with Crippen LogP contribution in [0.5, 0.6) is 0 Å². The summed E-state index contributed by atoms with van der Waals surface area (Å²) in [5.41, 5.74) is 3.28. The first-order valence-electron chi connectivity index (χ1n) is 4.97. The molecule has 0 fully saturated rings. The average molecular weight is 236 g/mol. The molecule has 0 unspecified atom stereocenters. The first-order chi connectivity index (χ1) is 7.70. The molecule has 0 atom stereocenters. The van der Waals surface area contributed by atoms with Crippen molar-refractivity contribution in [2.45, 2.75) is 12.8 Å². The lowest BCUT2D eigenvalue weighted by Crippen LogP contribution is -1.87. The third kappa shape index (κ3) is 2.22. The summed E-state index contributed by atoms with van der Waals surface area (Å²) in [4.78, 5) is 4.08. The summed E-state index contributed by atoms with van der Waals surface area (Å²) >= 11 is 5.73. The molecule has 2 aromatic rings. The second-order valence-electron chi connectivity index (χ2n) is 3.68. The molecule has 3 heteroatoms. The van der Waals surface area contributed by atoms with Crippen LogP contribution in [-0.2, 0) is 5.88 Å². The molecule has 0 saturated heterocycles. The minimum atomic E-state index is -0.200. The van der Waals surface area contributed by atoms with Crippen LogP contribution in [-0.4, -0.2) is 4.98 Å². The van der Waals surface area contributed by atoms with Crippen molar-refractivity contribution in [2.24, 2.45) is 0 Å². The van der Waals surface area contributed by atoms with Gasteiger partial charge < -0.3 is 0 Å². The van der Waals surface area contributed by atoms with Crippen LogP contribution in [0.3, 0.4) is 0 Å². The Morgan fingerprint density at radius 3 is 2.69 bits per heavy atom. The average Bonchev–Trinajstić information content (AvgIpc) is 2.33. The Kier molecular flexibility index (Phi) is 3.20. The van der Waals surface area contributed by atoms with Gasteiger partial charge in [-0.05, 0) is 35.7 Å².